The predicted octanol–water partition coefficient (Wildman–Crippen LogP) is 7.10. The van der Waals surface area contributed by atoms with Crippen LogP contribution in [0.25, 0.3) is 22.4 Å². The Balaban J connectivity index is 2.31. The van der Waals surface area contributed by atoms with Gasteiger partial charge in [0, 0.05) is 16.7 Å². The van der Waals surface area contributed by atoms with Crippen molar-refractivity contribution in [1.82, 2.24) is 4.98 Å². The summed E-state index contributed by atoms with van der Waals surface area (Å²) in [4.78, 5) is 4.61. The highest BCUT2D eigenvalue weighted by Gasteiger charge is 2.17. The van der Waals surface area contributed by atoms with Crippen molar-refractivity contribution in [3.63, 3.8) is 0 Å². The predicted molar refractivity (Wildman–Crippen MR) is 104 cm³/mol. The van der Waals surface area contributed by atoms with Gasteiger partial charge in [0.2, 0.25) is 0 Å². The van der Waals surface area contributed by atoms with E-state index in [2.05, 4.69) is 11.1 Å². The fraction of sp³-hybridized carbons (Fsp3) is 0.0526. The highest BCUT2D eigenvalue weighted by atomic mass is 35.5. The van der Waals surface area contributed by atoms with Gasteiger partial charge >= 0.3 is 0 Å². The van der Waals surface area contributed by atoms with Crippen molar-refractivity contribution >= 4 is 46.4 Å². The number of hydrogen-bond donors (Lipinski definition) is 0. The van der Waals surface area contributed by atoms with Crippen molar-refractivity contribution in [2.45, 2.75) is 6.42 Å². The molecule has 0 amide bonds. The highest BCUT2D eigenvalue weighted by Crippen LogP contribution is 2.41. The summed E-state index contributed by atoms with van der Waals surface area (Å²) in [5.41, 5.74) is 3.40. The Morgan fingerprint density at radius 2 is 1.36 bits per heavy atom. The molecule has 3 aromatic rings. The van der Waals surface area contributed by atoms with E-state index in [9.17, 15) is 0 Å². The summed E-state index contributed by atoms with van der Waals surface area (Å²) in [6.07, 6.45) is 0.189. The highest BCUT2D eigenvalue weighted by molar-refractivity contribution is 6.44. The second-order valence-corrected chi connectivity index (χ2v) is 6.81. The molecule has 2 aromatic carbocycles. The molecule has 124 valence electrons. The first-order chi connectivity index (χ1) is 12.0. The molecular formula is C19H10Cl4N2. The van der Waals surface area contributed by atoms with Crippen LogP contribution in [-0.4, -0.2) is 4.98 Å². The molecule has 6 heteroatoms. The second kappa shape index (κ2) is 7.64. The summed E-state index contributed by atoms with van der Waals surface area (Å²) in [7, 11) is 0. The molecule has 0 saturated carbocycles. The maximum Gasteiger partial charge on any atom is 0.0800 e. The Hall–Kier alpha value is -1.76. The summed E-state index contributed by atoms with van der Waals surface area (Å²) in [6, 6.07) is 16.5. The van der Waals surface area contributed by atoms with E-state index in [1.54, 1.807) is 24.3 Å². The Morgan fingerprint density at radius 1 is 0.760 bits per heavy atom. The zero-order chi connectivity index (χ0) is 18.0. The number of hydrogen-bond acceptors (Lipinski definition) is 2. The molecule has 0 saturated heterocycles. The van der Waals surface area contributed by atoms with Gasteiger partial charge in [0.15, 0.2) is 0 Å². The molecule has 0 atom stereocenters. The number of nitrogens with zero attached hydrogens (tertiary/aromatic N) is 2. The third kappa shape index (κ3) is 3.61. The van der Waals surface area contributed by atoms with E-state index < -0.39 is 0 Å². The van der Waals surface area contributed by atoms with Gasteiger partial charge in [-0.05, 0) is 18.2 Å². The minimum Gasteiger partial charge on any atom is -0.251 e. The quantitative estimate of drug-likeness (QED) is 0.464. The van der Waals surface area contributed by atoms with Crippen LogP contribution in [0.15, 0.2) is 48.5 Å². The molecule has 0 unspecified atom stereocenters. The van der Waals surface area contributed by atoms with Gasteiger partial charge in [-0.25, -0.2) is 0 Å². The Labute approximate surface area is 165 Å². The third-order valence-electron chi connectivity index (χ3n) is 3.66. The third-order valence-corrected chi connectivity index (χ3v) is 5.30. The maximum atomic E-state index is 8.97. The van der Waals surface area contributed by atoms with Crippen molar-refractivity contribution in [3.8, 4) is 28.5 Å². The van der Waals surface area contributed by atoms with E-state index >= 15 is 0 Å². The lowest BCUT2D eigenvalue weighted by Gasteiger charge is -2.14. The summed E-state index contributed by atoms with van der Waals surface area (Å²) >= 11 is 25.1. The number of rotatable bonds is 3. The van der Waals surface area contributed by atoms with Crippen LogP contribution in [0.4, 0.5) is 0 Å². The van der Waals surface area contributed by atoms with Gasteiger partial charge in [0.05, 0.1) is 44.0 Å². The van der Waals surface area contributed by atoms with Crippen molar-refractivity contribution in [3.05, 3.63) is 74.3 Å². The Kier molecular flexibility index (Phi) is 5.51. The Morgan fingerprint density at radius 3 is 2.00 bits per heavy atom. The van der Waals surface area contributed by atoms with E-state index in [4.69, 9.17) is 51.7 Å². The zero-order valence-corrected chi connectivity index (χ0v) is 15.8. The van der Waals surface area contributed by atoms with Crippen molar-refractivity contribution < 1.29 is 0 Å². The number of nitriles is 1. The number of aromatic nitrogens is 1. The van der Waals surface area contributed by atoms with Crippen LogP contribution in [0.5, 0.6) is 0 Å². The molecule has 0 N–H and O–H groups in total. The van der Waals surface area contributed by atoms with E-state index in [1.165, 1.54) is 0 Å². The van der Waals surface area contributed by atoms with Crippen LogP contribution < -0.4 is 0 Å². The first-order valence-electron chi connectivity index (χ1n) is 7.28. The monoisotopic (exact) mass is 406 g/mol. The molecule has 1 aromatic heterocycles. The molecule has 2 nitrogen and oxygen atoms in total. The number of halogens is 4. The van der Waals surface area contributed by atoms with Gasteiger partial charge in [-0.2, -0.15) is 5.26 Å². The van der Waals surface area contributed by atoms with Crippen LogP contribution in [0.1, 0.15) is 5.69 Å². The molecule has 0 spiro atoms. The largest absolute Gasteiger partial charge is 0.251 e. The fourth-order valence-corrected chi connectivity index (χ4v) is 3.29. The first-order valence-corrected chi connectivity index (χ1v) is 8.79. The summed E-state index contributed by atoms with van der Waals surface area (Å²) < 4.78 is 0. The van der Waals surface area contributed by atoms with E-state index in [0.717, 1.165) is 11.1 Å². The Bertz CT molecular complexity index is 993. The van der Waals surface area contributed by atoms with E-state index in [0.29, 0.717) is 37.0 Å². The summed E-state index contributed by atoms with van der Waals surface area (Å²) in [6.45, 7) is 0. The second-order valence-electron chi connectivity index (χ2n) is 5.24. The topological polar surface area (TPSA) is 36.7 Å². The lowest BCUT2D eigenvalue weighted by atomic mass is 9.98. The molecule has 0 aliphatic rings. The van der Waals surface area contributed by atoms with Crippen molar-refractivity contribution in [2.75, 3.05) is 0 Å². The van der Waals surface area contributed by atoms with E-state index in [1.807, 2.05) is 24.3 Å². The van der Waals surface area contributed by atoms with Gasteiger partial charge in [-0.3, -0.25) is 4.98 Å². The normalized spacial score (nSPS) is 10.5. The zero-order valence-electron chi connectivity index (χ0n) is 12.7. The lowest BCUT2D eigenvalue weighted by Crippen LogP contribution is -1.96. The van der Waals surface area contributed by atoms with Gasteiger partial charge < -0.3 is 0 Å². The first kappa shape index (κ1) is 18.0. The number of benzene rings is 2. The van der Waals surface area contributed by atoms with Crippen LogP contribution in [-0.2, 0) is 6.42 Å². The standard InChI is InChI=1S/C19H10Cl4N2/c20-15-5-1-3-12(17(15)22)13-8-7-11(9-10-24)25-19(13)14-4-2-6-16(21)18(14)23/h1-8H,9H2. The summed E-state index contributed by atoms with van der Waals surface area (Å²) in [5.74, 6) is 0. The van der Waals surface area contributed by atoms with Crippen LogP contribution in [0, 0.1) is 11.3 Å². The van der Waals surface area contributed by atoms with Crippen LogP contribution >= 0.6 is 46.4 Å². The SMILES string of the molecule is N#CCc1ccc(-c2cccc(Cl)c2Cl)c(-c2cccc(Cl)c2Cl)n1. The molecule has 0 bridgehead atoms. The average molecular weight is 408 g/mol. The lowest BCUT2D eigenvalue weighted by molar-refractivity contribution is 1.12. The molecule has 0 fully saturated rings. The van der Waals surface area contributed by atoms with E-state index in [-0.39, 0.29) is 6.42 Å². The number of pyridine rings is 1. The minimum absolute atomic E-state index is 0.189. The average Bonchev–Trinajstić information content (AvgIpc) is 2.60. The molecule has 25 heavy (non-hydrogen) atoms. The van der Waals surface area contributed by atoms with Gasteiger partial charge in [0.1, 0.15) is 0 Å². The maximum absolute atomic E-state index is 8.97. The van der Waals surface area contributed by atoms with Crippen molar-refractivity contribution in [1.29, 1.82) is 5.26 Å². The van der Waals surface area contributed by atoms with Gasteiger partial charge in [0.25, 0.3) is 0 Å². The molecule has 0 radical (unpaired) electrons. The van der Waals surface area contributed by atoms with Gasteiger partial charge in [-0.15, -0.1) is 0 Å². The van der Waals surface area contributed by atoms with Crippen molar-refractivity contribution in [2.24, 2.45) is 0 Å². The summed E-state index contributed by atoms with van der Waals surface area (Å²) in [5, 5.41) is 10.7. The minimum atomic E-state index is 0.189. The van der Waals surface area contributed by atoms with Crippen LogP contribution in [0.2, 0.25) is 20.1 Å². The molecular weight excluding hydrogens is 398 g/mol. The smallest absolute Gasteiger partial charge is 0.0800 e. The molecule has 1 heterocycles. The molecule has 0 aliphatic carbocycles. The fourth-order valence-electron chi connectivity index (χ4n) is 2.50. The molecule has 3 rings (SSSR count). The van der Waals surface area contributed by atoms with Gasteiger partial charge in [-0.1, -0.05) is 76.7 Å². The van der Waals surface area contributed by atoms with Crippen LogP contribution in [0.3, 0.4) is 0 Å². The molecule has 0 aliphatic heterocycles.